The predicted octanol–water partition coefficient (Wildman–Crippen LogP) is 4.27. The van der Waals surface area contributed by atoms with Crippen molar-refractivity contribution in [2.24, 2.45) is 5.92 Å². The second-order valence-corrected chi connectivity index (χ2v) is 11.2. The molecule has 0 spiro atoms. The first-order valence-electron chi connectivity index (χ1n) is 11.7. The molecule has 0 radical (unpaired) electrons. The highest BCUT2D eigenvalue weighted by Gasteiger charge is 2.37. The highest BCUT2D eigenvalue weighted by Crippen LogP contribution is 2.36. The lowest BCUT2D eigenvalue weighted by atomic mass is 9.94. The van der Waals surface area contributed by atoms with Crippen molar-refractivity contribution in [2.45, 2.75) is 57.4 Å². The van der Waals surface area contributed by atoms with E-state index in [0.717, 1.165) is 19.4 Å². The lowest BCUT2D eigenvalue weighted by molar-refractivity contribution is -0.137. The Balaban J connectivity index is 1.42. The van der Waals surface area contributed by atoms with Gasteiger partial charge in [0.1, 0.15) is 0 Å². The van der Waals surface area contributed by atoms with Crippen molar-refractivity contribution in [3.05, 3.63) is 64.7 Å². The van der Waals surface area contributed by atoms with Gasteiger partial charge in [0.25, 0.3) is 0 Å². The highest BCUT2D eigenvalue weighted by molar-refractivity contribution is 7.89. The minimum atomic E-state index is -3.64. The van der Waals surface area contributed by atoms with Gasteiger partial charge >= 0.3 is 0 Å². The van der Waals surface area contributed by atoms with E-state index < -0.39 is 10.0 Å². The summed E-state index contributed by atoms with van der Waals surface area (Å²) >= 11 is 0. The second-order valence-electron chi connectivity index (χ2n) is 9.29. The van der Waals surface area contributed by atoms with Crippen molar-refractivity contribution in [1.29, 1.82) is 0 Å². The first-order valence-corrected chi connectivity index (χ1v) is 13.1. The van der Waals surface area contributed by atoms with Crippen molar-refractivity contribution >= 4 is 21.7 Å². The molecule has 1 atom stereocenters. The molecule has 7 heteroatoms. The zero-order chi connectivity index (χ0) is 23.8. The number of piperidine rings is 1. The van der Waals surface area contributed by atoms with Crippen LogP contribution in [-0.4, -0.2) is 48.9 Å². The third-order valence-corrected chi connectivity index (χ3v) is 9.07. The number of amides is 1. The summed E-state index contributed by atoms with van der Waals surface area (Å²) in [4.78, 5) is 27.1. The maximum Gasteiger partial charge on any atom is 0.243 e. The molecule has 1 unspecified atom stereocenters. The van der Waals surface area contributed by atoms with E-state index in [4.69, 9.17) is 0 Å². The van der Waals surface area contributed by atoms with Crippen LogP contribution in [0.2, 0.25) is 0 Å². The van der Waals surface area contributed by atoms with E-state index in [9.17, 15) is 18.0 Å². The summed E-state index contributed by atoms with van der Waals surface area (Å²) in [5.41, 5.74) is 4.17. The Morgan fingerprint density at radius 3 is 2.15 bits per heavy atom. The third kappa shape index (κ3) is 4.75. The number of aryl methyl sites for hydroxylation is 2. The van der Waals surface area contributed by atoms with E-state index in [1.807, 2.05) is 4.90 Å². The molecule has 2 saturated heterocycles. The van der Waals surface area contributed by atoms with Crippen molar-refractivity contribution < 1.29 is 18.0 Å². The Hall–Kier alpha value is -2.51. The molecule has 0 saturated carbocycles. The van der Waals surface area contributed by atoms with Crippen LogP contribution in [0.5, 0.6) is 0 Å². The van der Waals surface area contributed by atoms with E-state index >= 15 is 0 Å². The van der Waals surface area contributed by atoms with Gasteiger partial charge in [0, 0.05) is 31.1 Å². The Labute approximate surface area is 196 Å². The molecule has 176 valence electrons. The van der Waals surface area contributed by atoms with Crippen LogP contribution < -0.4 is 0 Å². The van der Waals surface area contributed by atoms with Crippen LogP contribution in [0.3, 0.4) is 0 Å². The van der Waals surface area contributed by atoms with Gasteiger partial charge in [-0.1, -0.05) is 30.3 Å². The number of sulfonamides is 1. The Bertz CT molecular complexity index is 1150. The maximum absolute atomic E-state index is 13.4. The topological polar surface area (TPSA) is 74.8 Å². The van der Waals surface area contributed by atoms with Crippen LogP contribution >= 0.6 is 0 Å². The van der Waals surface area contributed by atoms with E-state index in [0.29, 0.717) is 31.5 Å². The largest absolute Gasteiger partial charge is 0.335 e. The minimum absolute atomic E-state index is 0.0979. The lowest BCUT2D eigenvalue weighted by Gasteiger charge is -2.34. The van der Waals surface area contributed by atoms with Crippen LogP contribution in [0, 0.1) is 19.8 Å². The fraction of sp³-hybridized carbons (Fsp3) is 0.462. The monoisotopic (exact) mass is 468 g/mol. The normalized spacial score (nSPS) is 20.2. The fourth-order valence-corrected chi connectivity index (χ4v) is 6.41. The summed E-state index contributed by atoms with van der Waals surface area (Å²) in [6, 6.07) is 12.6. The molecule has 2 aromatic rings. The zero-order valence-corrected chi connectivity index (χ0v) is 20.4. The van der Waals surface area contributed by atoms with Crippen LogP contribution in [0.25, 0.3) is 0 Å². The molecule has 0 N–H and O–H groups in total. The number of Topliss-reactive ketones (excluding diaryl/α,β-unsaturated/α-hetero) is 1. The first-order chi connectivity index (χ1) is 15.7. The smallest absolute Gasteiger partial charge is 0.243 e. The number of carbonyl (C=O) groups is 2. The number of likely N-dealkylation sites (tertiary alicyclic amines) is 1. The molecule has 2 aromatic carbocycles. The first kappa shape index (κ1) is 23.6. The van der Waals surface area contributed by atoms with Crippen molar-refractivity contribution in [3.63, 3.8) is 0 Å². The Kier molecular flexibility index (Phi) is 6.73. The number of ketones is 1. The van der Waals surface area contributed by atoms with Gasteiger partial charge < -0.3 is 4.90 Å². The molecular formula is C26H32N2O4S. The molecule has 2 aliphatic heterocycles. The van der Waals surface area contributed by atoms with Crippen molar-refractivity contribution in [1.82, 2.24) is 9.21 Å². The van der Waals surface area contributed by atoms with Crippen LogP contribution in [0.15, 0.2) is 47.4 Å². The van der Waals surface area contributed by atoms with Gasteiger partial charge in [-0.05, 0) is 75.3 Å². The molecule has 2 fully saturated rings. The average molecular weight is 469 g/mol. The SMILES string of the molecule is CC(=O)c1ccc(S(=O)(=O)N2CCC(C(=O)N3CCCC3c3ccc(C)c(C)c3)CC2)cc1. The van der Waals surface area contributed by atoms with E-state index in [-0.39, 0.29) is 28.5 Å². The fourth-order valence-electron chi connectivity index (χ4n) is 4.94. The lowest BCUT2D eigenvalue weighted by Crippen LogP contribution is -2.44. The standard InChI is InChI=1S/C26H32N2O4S/c1-18-6-7-23(17-19(18)2)25-5-4-14-28(25)26(30)22-12-15-27(16-13-22)33(31,32)24-10-8-21(9-11-24)20(3)29/h6-11,17,22,25H,4-5,12-16H2,1-3H3. The number of carbonyl (C=O) groups excluding carboxylic acids is 2. The molecule has 0 aromatic heterocycles. The third-order valence-electron chi connectivity index (χ3n) is 7.15. The molecule has 0 bridgehead atoms. The van der Waals surface area contributed by atoms with Gasteiger partial charge in [-0.15, -0.1) is 0 Å². The summed E-state index contributed by atoms with van der Waals surface area (Å²) in [5.74, 6) is -0.0958. The number of nitrogens with zero attached hydrogens (tertiary/aromatic N) is 2. The molecular weight excluding hydrogens is 436 g/mol. The molecule has 6 nitrogen and oxygen atoms in total. The number of hydrogen-bond acceptors (Lipinski definition) is 4. The Morgan fingerprint density at radius 1 is 0.879 bits per heavy atom. The molecule has 2 heterocycles. The zero-order valence-electron chi connectivity index (χ0n) is 19.6. The molecule has 4 rings (SSSR count). The number of benzene rings is 2. The molecule has 33 heavy (non-hydrogen) atoms. The van der Waals surface area contributed by atoms with E-state index in [1.165, 1.54) is 40.1 Å². The predicted molar refractivity (Wildman–Crippen MR) is 128 cm³/mol. The van der Waals surface area contributed by atoms with Gasteiger partial charge in [0.05, 0.1) is 10.9 Å². The number of rotatable bonds is 5. The quantitative estimate of drug-likeness (QED) is 0.614. The van der Waals surface area contributed by atoms with Crippen molar-refractivity contribution in [3.8, 4) is 0 Å². The average Bonchev–Trinajstić information content (AvgIpc) is 3.30. The van der Waals surface area contributed by atoms with Gasteiger partial charge in [-0.2, -0.15) is 4.31 Å². The summed E-state index contributed by atoms with van der Waals surface area (Å²) in [5, 5.41) is 0. The van der Waals surface area contributed by atoms with E-state index in [1.54, 1.807) is 12.1 Å². The van der Waals surface area contributed by atoms with E-state index in [2.05, 4.69) is 32.0 Å². The van der Waals surface area contributed by atoms with Gasteiger partial charge in [-0.3, -0.25) is 9.59 Å². The minimum Gasteiger partial charge on any atom is -0.335 e. The van der Waals surface area contributed by atoms with Gasteiger partial charge in [0.2, 0.25) is 15.9 Å². The maximum atomic E-state index is 13.4. The molecule has 0 aliphatic carbocycles. The van der Waals surface area contributed by atoms with Crippen LogP contribution in [0.4, 0.5) is 0 Å². The molecule has 1 amide bonds. The Morgan fingerprint density at radius 2 is 1.55 bits per heavy atom. The van der Waals surface area contributed by atoms with Crippen LogP contribution in [0.1, 0.15) is 65.7 Å². The second kappa shape index (κ2) is 9.39. The van der Waals surface area contributed by atoms with Crippen molar-refractivity contribution in [2.75, 3.05) is 19.6 Å². The molecule has 2 aliphatic rings. The summed E-state index contributed by atoms with van der Waals surface area (Å²) in [6.45, 7) is 7.07. The van der Waals surface area contributed by atoms with Gasteiger partial charge in [-0.25, -0.2) is 8.42 Å². The van der Waals surface area contributed by atoms with Gasteiger partial charge in [0.15, 0.2) is 5.78 Å². The van der Waals surface area contributed by atoms with Crippen LogP contribution in [-0.2, 0) is 14.8 Å². The summed E-state index contributed by atoms with van der Waals surface area (Å²) in [6.07, 6.45) is 3.02. The summed E-state index contributed by atoms with van der Waals surface area (Å²) < 4.78 is 27.5. The highest BCUT2D eigenvalue weighted by atomic mass is 32.2. The summed E-state index contributed by atoms with van der Waals surface area (Å²) in [7, 11) is -3.64. The number of hydrogen-bond donors (Lipinski definition) is 0.